The van der Waals surface area contributed by atoms with Crippen LogP contribution in [0.2, 0.25) is 0 Å². The molecule has 2 N–H and O–H groups in total. The first-order valence-electron chi connectivity index (χ1n) is 7.45. The fourth-order valence-corrected chi connectivity index (χ4v) is 3.47. The molecule has 0 bridgehead atoms. The van der Waals surface area contributed by atoms with Crippen molar-refractivity contribution in [3.8, 4) is 0 Å². The molecule has 0 amide bonds. The fourth-order valence-electron chi connectivity index (χ4n) is 2.40. The van der Waals surface area contributed by atoms with Crippen molar-refractivity contribution in [2.75, 3.05) is 12.4 Å². The Kier molecular flexibility index (Phi) is 7.07. The van der Waals surface area contributed by atoms with Gasteiger partial charge in [-0.05, 0) is 51.0 Å². The molecule has 0 fully saturated rings. The predicted molar refractivity (Wildman–Crippen MR) is 89.6 cm³/mol. The van der Waals surface area contributed by atoms with Gasteiger partial charge in [0, 0.05) is 16.5 Å². The third kappa shape index (κ3) is 5.86. The van der Waals surface area contributed by atoms with E-state index in [4.69, 9.17) is 0 Å². The van der Waals surface area contributed by atoms with Crippen LogP contribution in [-0.2, 0) is 0 Å². The van der Waals surface area contributed by atoms with Crippen LogP contribution in [0.4, 0.5) is 0 Å². The summed E-state index contributed by atoms with van der Waals surface area (Å²) in [6, 6.07) is 7.01. The van der Waals surface area contributed by atoms with E-state index >= 15 is 0 Å². The Morgan fingerprint density at radius 1 is 1.30 bits per heavy atom. The lowest BCUT2D eigenvalue weighted by atomic mass is 9.96. The van der Waals surface area contributed by atoms with E-state index in [1.807, 2.05) is 11.8 Å². The van der Waals surface area contributed by atoms with E-state index in [2.05, 4.69) is 58.1 Å². The molecule has 0 radical (unpaired) electrons. The van der Waals surface area contributed by atoms with Crippen molar-refractivity contribution < 1.29 is 5.11 Å². The van der Waals surface area contributed by atoms with Crippen molar-refractivity contribution in [3.63, 3.8) is 0 Å². The standard InChI is InChI=1S/C17H29NOS/c1-13(2)18-17(5,12-19)9-6-10-20-16-11-14(3)7-8-15(16)4/h7-8,11,13,18-19H,6,9-10,12H2,1-5H3. The molecule has 3 heteroatoms. The number of aliphatic hydroxyl groups is 1. The van der Waals surface area contributed by atoms with Crippen LogP contribution in [0, 0.1) is 13.8 Å². The van der Waals surface area contributed by atoms with E-state index < -0.39 is 0 Å². The molecule has 0 aliphatic heterocycles. The minimum Gasteiger partial charge on any atom is -0.394 e. The molecule has 0 aliphatic rings. The second-order valence-corrected chi connectivity index (χ2v) is 7.38. The highest BCUT2D eigenvalue weighted by molar-refractivity contribution is 7.99. The molecular formula is C17H29NOS. The molecule has 1 atom stereocenters. The van der Waals surface area contributed by atoms with Gasteiger partial charge in [-0.1, -0.05) is 31.5 Å². The van der Waals surface area contributed by atoms with Gasteiger partial charge in [-0.15, -0.1) is 11.8 Å². The first kappa shape index (κ1) is 17.5. The summed E-state index contributed by atoms with van der Waals surface area (Å²) in [6.45, 7) is 10.9. The van der Waals surface area contributed by atoms with Gasteiger partial charge in [0.15, 0.2) is 0 Å². The molecule has 2 nitrogen and oxygen atoms in total. The van der Waals surface area contributed by atoms with Gasteiger partial charge in [-0.25, -0.2) is 0 Å². The first-order chi connectivity index (χ1) is 9.36. The van der Waals surface area contributed by atoms with Gasteiger partial charge in [-0.2, -0.15) is 0 Å². The van der Waals surface area contributed by atoms with E-state index in [-0.39, 0.29) is 12.1 Å². The highest BCUT2D eigenvalue weighted by atomic mass is 32.2. The molecule has 1 aromatic rings. The Balaban J connectivity index is 2.42. The first-order valence-corrected chi connectivity index (χ1v) is 8.43. The maximum absolute atomic E-state index is 9.56. The number of nitrogens with one attached hydrogen (secondary N) is 1. The lowest BCUT2D eigenvalue weighted by molar-refractivity contribution is 0.156. The minimum atomic E-state index is -0.156. The topological polar surface area (TPSA) is 32.3 Å². The Labute approximate surface area is 128 Å². The van der Waals surface area contributed by atoms with Crippen LogP contribution < -0.4 is 5.32 Å². The Bertz CT molecular complexity index is 419. The van der Waals surface area contributed by atoms with Gasteiger partial charge < -0.3 is 10.4 Å². The SMILES string of the molecule is Cc1ccc(C)c(SCCCC(C)(CO)NC(C)C)c1. The Morgan fingerprint density at radius 3 is 2.60 bits per heavy atom. The molecule has 0 heterocycles. The zero-order valence-corrected chi connectivity index (χ0v) is 14.3. The number of rotatable bonds is 8. The summed E-state index contributed by atoms with van der Waals surface area (Å²) < 4.78 is 0. The van der Waals surface area contributed by atoms with Crippen molar-refractivity contribution in [1.29, 1.82) is 0 Å². The summed E-state index contributed by atoms with van der Waals surface area (Å²) in [5.41, 5.74) is 2.52. The van der Waals surface area contributed by atoms with Crippen LogP contribution in [0.15, 0.2) is 23.1 Å². The summed E-state index contributed by atoms with van der Waals surface area (Å²) >= 11 is 1.92. The number of benzene rings is 1. The summed E-state index contributed by atoms with van der Waals surface area (Å²) in [5, 5.41) is 13.0. The number of hydrogen-bond donors (Lipinski definition) is 2. The lowest BCUT2D eigenvalue weighted by Crippen LogP contribution is -2.49. The van der Waals surface area contributed by atoms with Crippen molar-refractivity contribution in [1.82, 2.24) is 5.32 Å². The highest BCUT2D eigenvalue weighted by Gasteiger charge is 2.23. The van der Waals surface area contributed by atoms with Crippen molar-refractivity contribution in [3.05, 3.63) is 29.3 Å². The number of aliphatic hydroxyl groups excluding tert-OH is 1. The smallest absolute Gasteiger partial charge is 0.0610 e. The van der Waals surface area contributed by atoms with Gasteiger partial charge in [0.2, 0.25) is 0 Å². The number of hydrogen-bond acceptors (Lipinski definition) is 3. The number of thioether (sulfide) groups is 1. The molecule has 0 aliphatic carbocycles. The quantitative estimate of drug-likeness (QED) is 0.563. The monoisotopic (exact) mass is 295 g/mol. The lowest BCUT2D eigenvalue weighted by Gasteiger charge is -2.31. The van der Waals surface area contributed by atoms with E-state index in [9.17, 15) is 5.11 Å². The molecule has 114 valence electrons. The largest absolute Gasteiger partial charge is 0.394 e. The summed E-state index contributed by atoms with van der Waals surface area (Å²) in [5.74, 6) is 1.10. The van der Waals surface area contributed by atoms with Crippen molar-refractivity contribution >= 4 is 11.8 Å². The average molecular weight is 295 g/mol. The molecule has 1 aromatic carbocycles. The van der Waals surface area contributed by atoms with Crippen molar-refractivity contribution in [2.24, 2.45) is 0 Å². The summed E-state index contributed by atoms with van der Waals surface area (Å²) in [6.07, 6.45) is 2.11. The molecule has 20 heavy (non-hydrogen) atoms. The molecule has 1 rings (SSSR count). The Morgan fingerprint density at radius 2 is 2.00 bits per heavy atom. The summed E-state index contributed by atoms with van der Waals surface area (Å²) in [7, 11) is 0. The molecular weight excluding hydrogens is 266 g/mol. The zero-order chi connectivity index (χ0) is 15.2. The van der Waals surface area contributed by atoms with Crippen LogP contribution in [0.3, 0.4) is 0 Å². The van der Waals surface area contributed by atoms with Crippen LogP contribution >= 0.6 is 11.8 Å². The van der Waals surface area contributed by atoms with E-state index in [0.29, 0.717) is 6.04 Å². The van der Waals surface area contributed by atoms with Gasteiger partial charge in [0.05, 0.1) is 6.61 Å². The second-order valence-electron chi connectivity index (χ2n) is 6.24. The third-order valence-corrected chi connectivity index (χ3v) is 4.70. The maximum Gasteiger partial charge on any atom is 0.0610 e. The van der Waals surface area contributed by atoms with E-state index in [0.717, 1.165) is 18.6 Å². The normalized spacial score (nSPS) is 14.6. The molecule has 0 spiro atoms. The minimum absolute atomic E-state index is 0.156. The van der Waals surface area contributed by atoms with E-state index in [1.165, 1.54) is 16.0 Å². The average Bonchev–Trinajstić information content (AvgIpc) is 2.38. The second kappa shape index (κ2) is 8.06. The van der Waals surface area contributed by atoms with Crippen molar-refractivity contribution in [2.45, 2.75) is 63.9 Å². The summed E-state index contributed by atoms with van der Waals surface area (Å²) in [4.78, 5) is 1.38. The van der Waals surface area contributed by atoms with Gasteiger partial charge >= 0.3 is 0 Å². The van der Waals surface area contributed by atoms with E-state index in [1.54, 1.807) is 0 Å². The number of aryl methyl sites for hydroxylation is 2. The zero-order valence-electron chi connectivity index (χ0n) is 13.5. The van der Waals surface area contributed by atoms with Crippen LogP contribution in [0.5, 0.6) is 0 Å². The molecule has 1 unspecified atom stereocenters. The highest BCUT2D eigenvalue weighted by Crippen LogP contribution is 2.25. The predicted octanol–water partition coefficient (Wildman–Crippen LogP) is 3.92. The fraction of sp³-hybridized carbons (Fsp3) is 0.647. The third-order valence-electron chi connectivity index (χ3n) is 3.46. The van der Waals surface area contributed by atoms with Crippen LogP contribution in [0.25, 0.3) is 0 Å². The molecule has 0 aromatic heterocycles. The molecule has 0 saturated carbocycles. The van der Waals surface area contributed by atoms with Crippen LogP contribution in [-0.4, -0.2) is 29.0 Å². The maximum atomic E-state index is 9.56. The van der Waals surface area contributed by atoms with Gasteiger partial charge in [0.25, 0.3) is 0 Å². The van der Waals surface area contributed by atoms with Gasteiger partial charge in [-0.3, -0.25) is 0 Å². The molecule has 0 saturated heterocycles. The Hall–Kier alpha value is -0.510. The van der Waals surface area contributed by atoms with Gasteiger partial charge in [0.1, 0.15) is 0 Å². The van der Waals surface area contributed by atoms with Crippen LogP contribution in [0.1, 0.15) is 44.7 Å².